The molecule has 1 aliphatic heterocycles. The molecule has 112 valence electrons. The Labute approximate surface area is 121 Å². The fraction of sp³-hybridized carbons (Fsp3) is 0.562. The molecule has 0 bridgehead atoms. The van der Waals surface area contributed by atoms with E-state index in [1.165, 1.54) is 0 Å². The van der Waals surface area contributed by atoms with E-state index in [0.717, 1.165) is 23.1 Å². The fourth-order valence-electron chi connectivity index (χ4n) is 2.02. The van der Waals surface area contributed by atoms with Crippen LogP contribution in [0.25, 0.3) is 0 Å². The molecule has 0 aromatic carbocycles. The Kier molecular flexibility index (Phi) is 5.57. The molecule has 4 heteroatoms. The molecule has 0 radical (unpaired) electrons. The lowest BCUT2D eigenvalue weighted by atomic mass is 10.1. The van der Waals surface area contributed by atoms with E-state index in [2.05, 4.69) is 6.58 Å². The van der Waals surface area contributed by atoms with Crippen LogP contribution in [-0.4, -0.2) is 41.4 Å². The number of aliphatic hydroxyl groups excluding tert-OH is 1. The van der Waals surface area contributed by atoms with E-state index in [0.29, 0.717) is 13.1 Å². The highest BCUT2D eigenvalue weighted by molar-refractivity contribution is 5.70. The SMILES string of the molecule is C=CCC1=C(/C=C(\C)CO)CN(C(=O)OC(C)(C)C)C1. The summed E-state index contributed by atoms with van der Waals surface area (Å²) in [7, 11) is 0. The molecule has 1 aliphatic rings. The van der Waals surface area contributed by atoms with Crippen LogP contribution in [0, 0.1) is 0 Å². The zero-order valence-corrected chi connectivity index (χ0v) is 12.9. The van der Waals surface area contributed by atoms with Gasteiger partial charge in [0, 0.05) is 13.1 Å². The van der Waals surface area contributed by atoms with E-state index >= 15 is 0 Å². The molecule has 4 nitrogen and oxygen atoms in total. The summed E-state index contributed by atoms with van der Waals surface area (Å²) in [6.07, 6.45) is 4.22. The van der Waals surface area contributed by atoms with E-state index in [1.54, 1.807) is 4.90 Å². The van der Waals surface area contributed by atoms with Crippen molar-refractivity contribution in [3.05, 3.63) is 35.5 Å². The third-order valence-corrected chi connectivity index (χ3v) is 2.91. The number of aliphatic hydroxyl groups is 1. The standard InChI is InChI=1S/C16H25NO3/c1-6-7-13-9-17(15(19)20-16(3,4)5)10-14(13)8-12(2)11-18/h6,8,18H,1,7,9-11H2,2-5H3/b12-8+. The Bertz CT molecular complexity index is 441. The topological polar surface area (TPSA) is 49.8 Å². The van der Waals surface area contributed by atoms with Crippen LogP contribution in [0.4, 0.5) is 4.79 Å². The van der Waals surface area contributed by atoms with Gasteiger partial charge in [-0.1, -0.05) is 12.2 Å². The van der Waals surface area contributed by atoms with Crippen molar-refractivity contribution in [2.24, 2.45) is 0 Å². The highest BCUT2D eigenvalue weighted by Gasteiger charge is 2.28. The zero-order chi connectivity index (χ0) is 15.3. The van der Waals surface area contributed by atoms with Crippen LogP contribution in [0.1, 0.15) is 34.1 Å². The molecule has 0 atom stereocenters. The second-order valence-corrected chi connectivity index (χ2v) is 6.11. The molecule has 0 unspecified atom stereocenters. The zero-order valence-electron chi connectivity index (χ0n) is 12.9. The third kappa shape index (κ3) is 4.85. The van der Waals surface area contributed by atoms with Gasteiger partial charge in [0.15, 0.2) is 0 Å². The molecule has 0 saturated heterocycles. The third-order valence-electron chi connectivity index (χ3n) is 2.91. The van der Waals surface area contributed by atoms with E-state index in [-0.39, 0.29) is 12.7 Å². The predicted molar refractivity (Wildman–Crippen MR) is 80.5 cm³/mol. The van der Waals surface area contributed by atoms with Crippen molar-refractivity contribution >= 4 is 6.09 Å². The predicted octanol–water partition coefficient (Wildman–Crippen LogP) is 3.05. The molecule has 20 heavy (non-hydrogen) atoms. The Balaban J connectivity index is 2.81. The number of hydrogen-bond donors (Lipinski definition) is 1. The number of amides is 1. The van der Waals surface area contributed by atoms with Gasteiger partial charge in [-0.15, -0.1) is 6.58 Å². The van der Waals surface area contributed by atoms with E-state index in [1.807, 2.05) is 39.8 Å². The lowest BCUT2D eigenvalue weighted by Gasteiger charge is -2.24. The van der Waals surface area contributed by atoms with Crippen molar-refractivity contribution in [2.45, 2.75) is 39.7 Å². The monoisotopic (exact) mass is 279 g/mol. The van der Waals surface area contributed by atoms with Gasteiger partial charge in [0.25, 0.3) is 0 Å². The van der Waals surface area contributed by atoms with Crippen molar-refractivity contribution < 1.29 is 14.6 Å². The van der Waals surface area contributed by atoms with Gasteiger partial charge in [0.05, 0.1) is 6.61 Å². The summed E-state index contributed by atoms with van der Waals surface area (Å²) in [5, 5.41) is 9.12. The number of carbonyl (C=O) groups is 1. The molecular weight excluding hydrogens is 254 g/mol. The first-order valence-corrected chi connectivity index (χ1v) is 6.84. The van der Waals surface area contributed by atoms with Crippen LogP contribution in [0.2, 0.25) is 0 Å². The normalized spacial score (nSPS) is 16.6. The largest absolute Gasteiger partial charge is 0.444 e. The van der Waals surface area contributed by atoms with Gasteiger partial charge >= 0.3 is 6.09 Å². The molecule has 0 aromatic heterocycles. The first-order valence-electron chi connectivity index (χ1n) is 6.84. The summed E-state index contributed by atoms with van der Waals surface area (Å²) < 4.78 is 5.39. The van der Waals surface area contributed by atoms with Gasteiger partial charge in [-0.2, -0.15) is 0 Å². The minimum absolute atomic E-state index is 0.0251. The number of carbonyl (C=O) groups excluding carboxylic acids is 1. The van der Waals surface area contributed by atoms with Crippen LogP contribution in [0.5, 0.6) is 0 Å². The number of nitrogens with zero attached hydrogens (tertiary/aromatic N) is 1. The molecule has 0 aromatic rings. The van der Waals surface area contributed by atoms with Crippen LogP contribution in [0.15, 0.2) is 35.5 Å². The van der Waals surface area contributed by atoms with Gasteiger partial charge in [0.2, 0.25) is 0 Å². The van der Waals surface area contributed by atoms with Gasteiger partial charge in [-0.3, -0.25) is 4.90 Å². The Hall–Kier alpha value is -1.55. The quantitative estimate of drug-likeness (QED) is 0.805. The first-order chi connectivity index (χ1) is 9.26. The molecule has 0 fully saturated rings. The number of hydrogen-bond acceptors (Lipinski definition) is 3. The summed E-state index contributed by atoms with van der Waals surface area (Å²) in [5.41, 5.74) is 2.61. The highest BCUT2D eigenvalue weighted by atomic mass is 16.6. The van der Waals surface area contributed by atoms with Gasteiger partial charge in [0.1, 0.15) is 5.60 Å². The lowest BCUT2D eigenvalue weighted by Crippen LogP contribution is -2.35. The van der Waals surface area contributed by atoms with Crippen molar-refractivity contribution in [3.63, 3.8) is 0 Å². The number of allylic oxidation sites excluding steroid dienone is 1. The fourth-order valence-corrected chi connectivity index (χ4v) is 2.02. The second kappa shape index (κ2) is 6.75. The van der Waals surface area contributed by atoms with Crippen molar-refractivity contribution in [1.29, 1.82) is 0 Å². The molecular formula is C16H25NO3. The minimum Gasteiger partial charge on any atom is -0.444 e. The van der Waals surface area contributed by atoms with Crippen molar-refractivity contribution in [1.82, 2.24) is 4.90 Å². The van der Waals surface area contributed by atoms with Crippen molar-refractivity contribution in [3.8, 4) is 0 Å². The highest BCUT2D eigenvalue weighted by Crippen LogP contribution is 2.24. The summed E-state index contributed by atoms with van der Waals surface area (Å²) in [6.45, 7) is 12.3. The average Bonchev–Trinajstić information content (AvgIpc) is 2.71. The Morgan fingerprint density at radius 3 is 2.60 bits per heavy atom. The Morgan fingerprint density at radius 2 is 2.10 bits per heavy atom. The maximum Gasteiger partial charge on any atom is 0.410 e. The molecule has 1 rings (SSSR count). The van der Waals surface area contributed by atoms with Gasteiger partial charge in [-0.25, -0.2) is 4.79 Å². The van der Waals surface area contributed by atoms with Crippen LogP contribution < -0.4 is 0 Å². The second-order valence-electron chi connectivity index (χ2n) is 6.11. The summed E-state index contributed by atoms with van der Waals surface area (Å²) in [5.74, 6) is 0. The smallest absolute Gasteiger partial charge is 0.410 e. The van der Waals surface area contributed by atoms with Gasteiger partial charge < -0.3 is 9.84 Å². The maximum absolute atomic E-state index is 12.1. The molecule has 1 amide bonds. The van der Waals surface area contributed by atoms with Gasteiger partial charge in [-0.05, 0) is 50.8 Å². The first kappa shape index (κ1) is 16.5. The van der Waals surface area contributed by atoms with Crippen LogP contribution in [-0.2, 0) is 4.74 Å². The van der Waals surface area contributed by atoms with E-state index < -0.39 is 5.60 Å². The number of rotatable bonds is 4. The molecule has 1 N–H and O–H groups in total. The van der Waals surface area contributed by atoms with Crippen LogP contribution >= 0.6 is 0 Å². The summed E-state index contributed by atoms with van der Waals surface area (Å²) in [4.78, 5) is 13.8. The maximum atomic E-state index is 12.1. The van der Waals surface area contributed by atoms with E-state index in [4.69, 9.17) is 9.84 Å². The molecule has 0 aliphatic carbocycles. The lowest BCUT2D eigenvalue weighted by molar-refractivity contribution is 0.0299. The number of ether oxygens (including phenoxy) is 1. The molecule has 0 spiro atoms. The summed E-state index contributed by atoms with van der Waals surface area (Å²) in [6, 6.07) is 0. The summed E-state index contributed by atoms with van der Waals surface area (Å²) >= 11 is 0. The Morgan fingerprint density at radius 1 is 1.45 bits per heavy atom. The molecule has 1 heterocycles. The van der Waals surface area contributed by atoms with E-state index in [9.17, 15) is 4.79 Å². The average molecular weight is 279 g/mol. The molecule has 0 saturated carbocycles. The minimum atomic E-state index is -0.491. The van der Waals surface area contributed by atoms with Crippen molar-refractivity contribution in [2.75, 3.05) is 19.7 Å². The van der Waals surface area contributed by atoms with Crippen LogP contribution in [0.3, 0.4) is 0 Å².